The van der Waals surface area contributed by atoms with Crippen molar-refractivity contribution in [3.8, 4) is 0 Å². The van der Waals surface area contributed by atoms with E-state index in [4.69, 9.17) is 0 Å². The van der Waals surface area contributed by atoms with Gasteiger partial charge in [-0.1, -0.05) is 25.8 Å². The lowest BCUT2D eigenvalue weighted by atomic mass is 10.0. The molecule has 136 valence electrons. The molecule has 1 unspecified atom stereocenters. The summed E-state index contributed by atoms with van der Waals surface area (Å²) in [5.74, 6) is -7.09. The first kappa shape index (κ1) is 21.6. The molecule has 0 bridgehead atoms. The fourth-order valence-corrected chi connectivity index (χ4v) is 1.60. The molecule has 1 atom stereocenters. The number of alkyl halides is 8. The lowest BCUT2D eigenvalue weighted by molar-refractivity contribution is -0.344. The van der Waals surface area contributed by atoms with Crippen molar-refractivity contribution >= 4 is 5.97 Å². The lowest BCUT2D eigenvalue weighted by Crippen LogP contribution is -2.50. The minimum absolute atomic E-state index is 0.000353. The smallest absolute Gasteiger partial charge is 0.393 e. The van der Waals surface area contributed by atoms with Crippen LogP contribution in [0, 0.1) is 0 Å². The van der Waals surface area contributed by atoms with Crippen molar-refractivity contribution in [2.24, 2.45) is 0 Å². The molecule has 0 N–H and O–H groups in total. The predicted octanol–water partition coefficient (Wildman–Crippen LogP) is 5.18. The number of carbonyl (C=O) groups excluding carboxylic acids is 1. The standard InChI is InChI=1S/C13H16F8O2/c1-2-10(22)23-13(20,21)12(18,19)9(14)7-5-3-4-6-8-11(15,16)17/h2,9H,1,3-8H2. The second kappa shape index (κ2) is 8.49. The average Bonchev–Trinajstić information content (AvgIpc) is 2.40. The normalized spacial score (nSPS) is 14.4. The Morgan fingerprint density at radius 1 is 1.00 bits per heavy atom. The van der Waals surface area contributed by atoms with Crippen LogP contribution < -0.4 is 0 Å². The molecule has 0 rings (SSSR count). The van der Waals surface area contributed by atoms with E-state index in [1.807, 2.05) is 0 Å². The molecule has 0 heterocycles. The molecule has 0 radical (unpaired) electrons. The minimum Gasteiger partial charge on any atom is -0.393 e. The highest BCUT2D eigenvalue weighted by atomic mass is 19.4. The lowest BCUT2D eigenvalue weighted by Gasteiger charge is -2.27. The van der Waals surface area contributed by atoms with Crippen molar-refractivity contribution in [2.75, 3.05) is 0 Å². The molecule has 0 fully saturated rings. The highest BCUT2D eigenvalue weighted by Crippen LogP contribution is 2.41. The highest BCUT2D eigenvalue weighted by Gasteiger charge is 2.65. The van der Waals surface area contributed by atoms with Crippen molar-refractivity contribution in [3.63, 3.8) is 0 Å². The second-order valence-corrected chi connectivity index (χ2v) is 4.80. The molecule has 0 aliphatic rings. The maximum Gasteiger partial charge on any atom is 0.469 e. The Morgan fingerprint density at radius 3 is 2.00 bits per heavy atom. The minimum atomic E-state index is -5.35. The van der Waals surface area contributed by atoms with E-state index >= 15 is 0 Å². The molecular weight excluding hydrogens is 340 g/mol. The Hall–Kier alpha value is -1.35. The van der Waals surface area contributed by atoms with Gasteiger partial charge in [-0.15, -0.1) is 0 Å². The number of esters is 1. The van der Waals surface area contributed by atoms with E-state index < -0.39 is 43.2 Å². The van der Waals surface area contributed by atoms with E-state index in [0.29, 0.717) is 0 Å². The molecule has 0 amide bonds. The Kier molecular flexibility index (Phi) is 7.99. The largest absolute Gasteiger partial charge is 0.469 e. The number of hydrogen-bond acceptors (Lipinski definition) is 2. The first-order valence-corrected chi connectivity index (χ1v) is 6.65. The average molecular weight is 356 g/mol. The van der Waals surface area contributed by atoms with Gasteiger partial charge in [0.25, 0.3) is 0 Å². The van der Waals surface area contributed by atoms with Crippen LogP contribution in [0.3, 0.4) is 0 Å². The SMILES string of the molecule is C=CC(=O)OC(F)(F)C(F)(F)C(F)CCCCCCC(F)(F)F. The van der Waals surface area contributed by atoms with Gasteiger partial charge < -0.3 is 4.74 Å². The molecule has 23 heavy (non-hydrogen) atoms. The summed E-state index contributed by atoms with van der Waals surface area (Å²) in [6, 6.07) is 0. The maximum atomic E-state index is 13.3. The van der Waals surface area contributed by atoms with Crippen LogP contribution in [0.5, 0.6) is 0 Å². The van der Waals surface area contributed by atoms with E-state index in [-0.39, 0.29) is 31.8 Å². The van der Waals surface area contributed by atoms with E-state index in [1.165, 1.54) is 0 Å². The summed E-state index contributed by atoms with van der Waals surface area (Å²) in [6.07, 6.45) is -15.4. The van der Waals surface area contributed by atoms with Crippen LogP contribution >= 0.6 is 0 Å². The molecule has 2 nitrogen and oxygen atoms in total. The third-order valence-electron chi connectivity index (χ3n) is 2.84. The first-order valence-electron chi connectivity index (χ1n) is 6.65. The van der Waals surface area contributed by atoms with E-state index in [2.05, 4.69) is 11.3 Å². The van der Waals surface area contributed by atoms with Gasteiger partial charge in [0.1, 0.15) is 0 Å². The van der Waals surface area contributed by atoms with Crippen LogP contribution in [-0.4, -0.2) is 30.3 Å². The zero-order valence-corrected chi connectivity index (χ0v) is 11.9. The van der Waals surface area contributed by atoms with Crippen LogP contribution in [0.4, 0.5) is 35.1 Å². The molecule has 0 saturated heterocycles. The topological polar surface area (TPSA) is 26.3 Å². The van der Waals surface area contributed by atoms with Crippen LogP contribution in [-0.2, 0) is 9.53 Å². The summed E-state index contributed by atoms with van der Waals surface area (Å²) in [6.45, 7) is 2.74. The predicted molar refractivity (Wildman–Crippen MR) is 64.8 cm³/mol. The molecule has 0 aliphatic carbocycles. The third kappa shape index (κ3) is 7.65. The third-order valence-corrected chi connectivity index (χ3v) is 2.84. The zero-order valence-electron chi connectivity index (χ0n) is 11.9. The van der Waals surface area contributed by atoms with Crippen molar-refractivity contribution in [1.82, 2.24) is 0 Å². The quantitative estimate of drug-likeness (QED) is 0.233. The molecule has 10 heteroatoms. The fourth-order valence-electron chi connectivity index (χ4n) is 1.60. The summed E-state index contributed by atoms with van der Waals surface area (Å²) >= 11 is 0. The van der Waals surface area contributed by atoms with E-state index in [9.17, 15) is 39.9 Å². The summed E-state index contributed by atoms with van der Waals surface area (Å²) in [5.41, 5.74) is 0. The van der Waals surface area contributed by atoms with Gasteiger partial charge in [-0.05, 0) is 12.8 Å². The molecule has 0 aromatic carbocycles. The van der Waals surface area contributed by atoms with Gasteiger partial charge >= 0.3 is 24.2 Å². The summed E-state index contributed by atoms with van der Waals surface area (Å²) in [7, 11) is 0. The summed E-state index contributed by atoms with van der Waals surface area (Å²) in [5, 5.41) is 0. The number of carbonyl (C=O) groups is 1. The second-order valence-electron chi connectivity index (χ2n) is 4.80. The Morgan fingerprint density at radius 2 is 1.52 bits per heavy atom. The van der Waals surface area contributed by atoms with Crippen LogP contribution in [0.25, 0.3) is 0 Å². The maximum absolute atomic E-state index is 13.3. The van der Waals surface area contributed by atoms with Crippen molar-refractivity contribution < 1.29 is 44.7 Å². The Bertz CT molecular complexity index is 392. The molecule has 0 saturated carbocycles. The number of hydrogen-bond donors (Lipinski definition) is 0. The monoisotopic (exact) mass is 356 g/mol. The molecular formula is C13H16F8O2. The summed E-state index contributed by atoms with van der Waals surface area (Å²) < 4.78 is 104. The highest BCUT2D eigenvalue weighted by molar-refractivity contribution is 5.81. The van der Waals surface area contributed by atoms with Gasteiger partial charge in [0.05, 0.1) is 0 Å². The molecule has 0 spiro atoms. The number of halogens is 8. The summed E-state index contributed by atoms with van der Waals surface area (Å²) in [4.78, 5) is 10.5. The van der Waals surface area contributed by atoms with Crippen LogP contribution in [0.2, 0.25) is 0 Å². The Balaban J connectivity index is 4.29. The van der Waals surface area contributed by atoms with Gasteiger partial charge in [0.2, 0.25) is 0 Å². The Labute approximate surface area is 127 Å². The molecule has 0 aromatic rings. The van der Waals surface area contributed by atoms with E-state index in [1.54, 1.807) is 0 Å². The van der Waals surface area contributed by atoms with Gasteiger partial charge in [-0.2, -0.15) is 30.7 Å². The van der Waals surface area contributed by atoms with Gasteiger partial charge in [0.15, 0.2) is 6.17 Å². The van der Waals surface area contributed by atoms with Crippen molar-refractivity contribution in [3.05, 3.63) is 12.7 Å². The number of unbranched alkanes of at least 4 members (excludes halogenated alkanes) is 3. The number of rotatable bonds is 10. The first-order chi connectivity index (χ1) is 10.3. The van der Waals surface area contributed by atoms with Crippen LogP contribution in [0.15, 0.2) is 12.7 Å². The van der Waals surface area contributed by atoms with E-state index in [0.717, 1.165) is 0 Å². The van der Waals surface area contributed by atoms with Gasteiger partial charge in [-0.3, -0.25) is 0 Å². The number of ether oxygens (including phenoxy) is 1. The van der Waals surface area contributed by atoms with Gasteiger partial charge in [0, 0.05) is 12.5 Å². The molecule has 0 aliphatic heterocycles. The van der Waals surface area contributed by atoms with Crippen molar-refractivity contribution in [2.45, 2.75) is 62.9 Å². The molecule has 0 aromatic heterocycles. The fraction of sp³-hybridized carbons (Fsp3) is 0.769. The van der Waals surface area contributed by atoms with Gasteiger partial charge in [-0.25, -0.2) is 9.18 Å². The zero-order chi connectivity index (χ0) is 18.3. The van der Waals surface area contributed by atoms with Crippen molar-refractivity contribution in [1.29, 1.82) is 0 Å². The van der Waals surface area contributed by atoms with Crippen LogP contribution in [0.1, 0.15) is 38.5 Å².